The second-order valence-corrected chi connectivity index (χ2v) is 5.36. The van der Waals surface area contributed by atoms with Gasteiger partial charge in [-0.25, -0.2) is 8.78 Å². The molecule has 3 atom stereocenters. The fourth-order valence-electron chi connectivity index (χ4n) is 3.08. The summed E-state index contributed by atoms with van der Waals surface area (Å²) in [5.41, 5.74) is 0.573. The molecule has 19 heavy (non-hydrogen) atoms. The summed E-state index contributed by atoms with van der Waals surface area (Å²) in [6, 6.07) is 4.45. The van der Waals surface area contributed by atoms with Crippen molar-refractivity contribution in [2.45, 2.75) is 37.9 Å². The maximum atomic E-state index is 13.0. The second-order valence-electron chi connectivity index (χ2n) is 5.36. The van der Waals surface area contributed by atoms with Gasteiger partial charge in [0.2, 0.25) is 5.91 Å². The summed E-state index contributed by atoms with van der Waals surface area (Å²) in [6.45, 7) is 0.240. The molecule has 0 radical (unpaired) electrons. The normalized spacial score (nSPS) is 28.6. The third kappa shape index (κ3) is 2.47. The lowest BCUT2D eigenvalue weighted by Gasteiger charge is -2.19. The highest BCUT2D eigenvalue weighted by atomic mass is 19.2. The molecule has 3 unspecified atom stereocenters. The number of carbonyl (C=O) groups is 1. The maximum absolute atomic E-state index is 13.0. The molecule has 3 nitrogen and oxygen atoms in total. The summed E-state index contributed by atoms with van der Waals surface area (Å²) in [7, 11) is 0. The Bertz CT molecular complexity index is 506. The Hall–Kier alpha value is -1.49. The van der Waals surface area contributed by atoms with E-state index in [-0.39, 0.29) is 24.4 Å². The Kier molecular flexibility index (Phi) is 3.22. The third-order valence-electron chi connectivity index (χ3n) is 4.09. The van der Waals surface area contributed by atoms with Crippen LogP contribution in [0, 0.1) is 17.6 Å². The molecule has 0 aliphatic carbocycles. The number of nitrogens with one attached hydrogen (secondary N) is 2. The Labute approximate surface area is 110 Å². The van der Waals surface area contributed by atoms with Gasteiger partial charge in [0.1, 0.15) is 0 Å². The van der Waals surface area contributed by atoms with Crippen LogP contribution in [0.2, 0.25) is 0 Å². The van der Waals surface area contributed by atoms with Gasteiger partial charge in [-0.15, -0.1) is 0 Å². The summed E-state index contributed by atoms with van der Waals surface area (Å²) >= 11 is 0. The molecule has 5 heteroatoms. The molecule has 102 valence electrons. The summed E-state index contributed by atoms with van der Waals surface area (Å²) in [5.74, 6) is -1.73. The Balaban J connectivity index is 1.57. The highest BCUT2D eigenvalue weighted by molar-refractivity contribution is 5.80. The molecule has 2 aliphatic rings. The van der Waals surface area contributed by atoms with Crippen LogP contribution in [-0.4, -0.2) is 18.0 Å². The van der Waals surface area contributed by atoms with E-state index in [2.05, 4.69) is 10.6 Å². The van der Waals surface area contributed by atoms with Gasteiger partial charge >= 0.3 is 0 Å². The molecule has 2 heterocycles. The van der Waals surface area contributed by atoms with Crippen LogP contribution in [0.25, 0.3) is 0 Å². The van der Waals surface area contributed by atoms with Crippen molar-refractivity contribution in [2.75, 3.05) is 0 Å². The number of carbonyl (C=O) groups excluding carboxylic acids is 1. The second kappa shape index (κ2) is 4.89. The molecule has 2 fully saturated rings. The van der Waals surface area contributed by atoms with E-state index in [1.165, 1.54) is 6.07 Å². The van der Waals surface area contributed by atoms with Crippen molar-refractivity contribution in [3.63, 3.8) is 0 Å². The molecule has 2 bridgehead atoms. The molecule has 2 N–H and O–H groups in total. The molecule has 1 amide bonds. The Morgan fingerprint density at radius 3 is 2.79 bits per heavy atom. The first-order chi connectivity index (χ1) is 9.13. The van der Waals surface area contributed by atoms with Crippen molar-refractivity contribution in [3.8, 4) is 0 Å². The molecule has 2 saturated heterocycles. The van der Waals surface area contributed by atoms with Gasteiger partial charge in [0, 0.05) is 18.6 Å². The Morgan fingerprint density at radius 2 is 2.16 bits per heavy atom. The zero-order chi connectivity index (χ0) is 13.4. The fraction of sp³-hybridized carbons (Fsp3) is 0.500. The fourth-order valence-corrected chi connectivity index (χ4v) is 3.08. The van der Waals surface area contributed by atoms with E-state index in [1.807, 2.05) is 0 Å². The molecule has 0 aromatic heterocycles. The van der Waals surface area contributed by atoms with Gasteiger partial charge in [0.25, 0.3) is 0 Å². The third-order valence-corrected chi connectivity index (χ3v) is 4.09. The van der Waals surface area contributed by atoms with E-state index in [1.54, 1.807) is 0 Å². The molecular weight excluding hydrogens is 250 g/mol. The minimum absolute atomic E-state index is 0.00410. The summed E-state index contributed by atoms with van der Waals surface area (Å²) in [4.78, 5) is 12.0. The van der Waals surface area contributed by atoms with Crippen molar-refractivity contribution in [1.82, 2.24) is 10.6 Å². The van der Waals surface area contributed by atoms with E-state index < -0.39 is 11.6 Å². The van der Waals surface area contributed by atoms with Gasteiger partial charge in [0.15, 0.2) is 11.6 Å². The summed E-state index contributed by atoms with van der Waals surface area (Å²) in [6.07, 6.45) is 3.08. The van der Waals surface area contributed by atoms with Gasteiger partial charge < -0.3 is 10.6 Å². The number of amides is 1. The number of fused-ring (bicyclic) bond motifs is 2. The zero-order valence-electron chi connectivity index (χ0n) is 10.5. The largest absolute Gasteiger partial charge is 0.352 e. The highest BCUT2D eigenvalue weighted by Crippen LogP contribution is 2.33. The van der Waals surface area contributed by atoms with E-state index in [4.69, 9.17) is 0 Å². The molecule has 1 aromatic rings. The van der Waals surface area contributed by atoms with Crippen LogP contribution >= 0.6 is 0 Å². The average Bonchev–Trinajstić information content (AvgIpc) is 3.02. The number of benzene rings is 1. The van der Waals surface area contributed by atoms with Crippen LogP contribution in [-0.2, 0) is 11.3 Å². The highest BCUT2D eigenvalue weighted by Gasteiger charge is 2.42. The van der Waals surface area contributed by atoms with Crippen molar-refractivity contribution in [2.24, 2.45) is 5.92 Å². The lowest BCUT2D eigenvalue weighted by atomic mass is 9.88. The van der Waals surface area contributed by atoms with E-state index in [0.717, 1.165) is 31.4 Å². The van der Waals surface area contributed by atoms with Gasteiger partial charge in [-0.1, -0.05) is 6.07 Å². The van der Waals surface area contributed by atoms with Crippen LogP contribution in [0.15, 0.2) is 18.2 Å². The molecular formula is C14H16F2N2O. The number of rotatable bonds is 3. The molecule has 0 saturated carbocycles. The van der Waals surface area contributed by atoms with Crippen LogP contribution in [0.4, 0.5) is 8.78 Å². The quantitative estimate of drug-likeness (QED) is 0.874. The topological polar surface area (TPSA) is 41.1 Å². The molecule has 3 rings (SSSR count). The van der Waals surface area contributed by atoms with Crippen LogP contribution in [0.3, 0.4) is 0 Å². The van der Waals surface area contributed by atoms with E-state index in [0.29, 0.717) is 11.6 Å². The molecule has 2 aliphatic heterocycles. The minimum atomic E-state index is -0.881. The molecule has 0 spiro atoms. The first-order valence-electron chi connectivity index (χ1n) is 6.61. The van der Waals surface area contributed by atoms with Crippen molar-refractivity contribution < 1.29 is 13.6 Å². The van der Waals surface area contributed by atoms with Gasteiger partial charge in [-0.05, 0) is 37.0 Å². The van der Waals surface area contributed by atoms with Crippen LogP contribution in [0.1, 0.15) is 24.8 Å². The number of hydrogen-bond acceptors (Lipinski definition) is 2. The van der Waals surface area contributed by atoms with Gasteiger partial charge in [-0.3, -0.25) is 4.79 Å². The summed E-state index contributed by atoms with van der Waals surface area (Å²) in [5, 5.41) is 6.21. The van der Waals surface area contributed by atoms with Crippen molar-refractivity contribution in [3.05, 3.63) is 35.4 Å². The van der Waals surface area contributed by atoms with Crippen molar-refractivity contribution in [1.29, 1.82) is 0 Å². The minimum Gasteiger partial charge on any atom is -0.352 e. The first-order valence-corrected chi connectivity index (χ1v) is 6.61. The lowest BCUT2D eigenvalue weighted by molar-refractivity contribution is -0.125. The number of halogens is 2. The van der Waals surface area contributed by atoms with Crippen LogP contribution < -0.4 is 10.6 Å². The van der Waals surface area contributed by atoms with Crippen molar-refractivity contribution >= 4 is 5.91 Å². The first kappa shape index (κ1) is 12.5. The summed E-state index contributed by atoms with van der Waals surface area (Å²) < 4.78 is 25.8. The Morgan fingerprint density at radius 1 is 1.32 bits per heavy atom. The zero-order valence-corrected chi connectivity index (χ0v) is 10.5. The van der Waals surface area contributed by atoms with Gasteiger partial charge in [-0.2, -0.15) is 0 Å². The smallest absolute Gasteiger partial charge is 0.225 e. The monoisotopic (exact) mass is 266 g/mol. The van der Waals surface area contributed by atoms with E-state index in [9.17, 15) is 13.6 Å². The standard InChI is InChI=1S/C14H16F2N2O/c15-11-3-1-8(5-12(11)16)7-17-14(19)10-6-9-2-4-13(10)18-9/h1,3,5,9-10,13,18H,2,4,6-7H2,(H,17,19). The predicted octanol–water partition coefficient (Wildman–Crippen LogP) is 1.72. The average molecular weight is 266 g/mol. The predicted molar refractivity (Wildman–Crippen MR) is 66.3 cm³/mol. The lowest BCUT2D eigenvalue weighted by Crippen LogP contribution is -2.37. The maximum Gasteiger partial charge on any atom is 0.225 e. The van der Waals surface area contributed by atoms with E-state index >= 15 is 0 Å². The number of hydrogen-bond donors (Lipinski definition) is 2. The van der Waals surface area contributed by atoms with Crippen LogP contribution in [0.5, 0.6) is 0 Å². The van der Waals surface area contributed by atoms with Gasteiger partial charge in [0.05, 0.1) is 5.92 Å². The SMILES string of the molecule is O=C(NCc1ccc(F)c(F)c1)C1CC2CCC1N2. The molecule has 1 aromatic carbocycles.